The summed E-state index contributed by atoms with van der Waals surface area (Å²) in [5.41, 5.74) is 0.994. The van der Waals surface area contributed by atoms with Gasteiger partial charge in [0.15, 0.2) is 0 Å². The van der Waals surface area contributed by atoms with Gasteiger partial charge in [0.05, 0.1) is 13.7 Å². The first-order valence-electron chi connectivity index (χ1n) is 8.08. The van der Waals surface area contributed by atoms with Gasteiger partial charge < -0.3 is 9.47 Å². The molecule has 2 rings (SSSR count). The zero-order valence-corrected chi connectivity index (χ0v) is 15.7. The van der Waals surface area contributed by atoms with Crippen LogP contribution >= 0.6 is 0 Å². The van der Waals surface area contributed by atoms with E-state index in [-0.39, 0.29) is 23.8 Å². The van der Waals surface area contributed by atoms with E-state index in [0.29, 0.717) is 12.2 Å². The Morgan fingerprint density at radius 1 is 1.19 bits per heavy atom. The monoisotopic (exact) mass is 389 g/mol. The van der Waals surface area contributed by atoms with Crippen molar-refractivity contribution in [1.82, 2.24) is 4.72 Å². The minimum atomic E-state index is -3.95. The van der Waals surface area contributed by atoms with Gasteiger partial charge in [-0.25, -0.2) is 12.8 Å². The molecule has 0 fully saturated rings. The van der Waals surface area contributed by atoms with Crippen LogP contribution in [0.25, 0.3) is 0 Å². The van der Waals surface area contributed by atoms with Crippen LogP contribution in [-0.4, -0.2) is 28.7 Å². The Bertz CT molecular complexity index is 961. The van der Waals surface area contributed by atoms with Gasteiger partial charge in [0, 0.05) is 0 Å². The van der Waals surface area contributed by atoms with Crippen LogP contribution in [0.15, 0.2) is 60.0 Å². The van der Waals surface area contributed by atoms with Gasteiger partial charge in [-0.1, -0.05) is 36.1 Å². The second kappa shape index (κ2) is 9.76. The molecule has 0 aliphatic heterocycles. The molecule has 0 bridgehead atoms. The van der Waals surface area contributed by atoms with E-state index in [4.69, 9.17) is 9.47 Å². The Balaban J connectivity index is 1.94. The van der Waals surface area contributed by atoms with Crippen molar-refractivity contribution in [3.05, 3.63) is 66.5 Å². The molecule has 2 aromatic carbocycles. The summed E-state index contributed by atoms with van der Waals surface area (Å²) in [6.07, 6.45) is 2.46. The first-order valence-corrected chi connectivity index (χ1v) is 9.56. The van der Waals surface area contributed by atoms with Crippen LogP contribution in [0.4, 0.5) is 4.39 Å². The van der Waals surface area contributed by atoms with Gasteiger partial charge in [-0.15, -0.1) is 6.58 Å². The molecule has 0 aliphatic rings. The van der Waals surface area contributed by atoms with Crippen molar-refractivity contribution < 1.29 is 22.3 Å². The van der Waals surface area contributed by atoms with Crippen LogP contribution in [0.5, 0.6) is 11.5 Å². The Morgan fingerprint density at radius 3 is 2.70 bits per heavy atom. The number of hydrogen-bond acceptors (Lipinski definition) is 4. The molecule has 142 valence electrons. The van der Waals surface area contributed by atoms with Crippen LogP contribution in [0.2, 0.25) is 0 Å². The Morgan fingerprint density at radius 2 is 1.96 bits per heavy atom. The Labute approximate surface area is 158 Å². The molecule has 0 aliphatic carbocycles. The van der Waals surface area contributed by atoms with E-state index in [1.165, 1.54) is 13.2 Å². The maximum Gasteiger partial charge on any atom is 0.245 e. The molecule has 0 saturated carbocycles. The molecular formula is C20H20FNO4S. The van der Waals surface area contributed by atoms with Gasteiger partial charge in [0.2, 0.25) is 10.0 Å². The zero-order chi connectivity index (χ0) is 19.7. The average molecular weight is 389 g/mol. The highest BCUT2D eigenvalue weighted by Crippen LogP contribution is 2.24. The van der Waals surface area contributed by atoms with Crippen LogP contribution < -0.4 is 14.2 Å². The molecule has 0 unspecified atom stereocenters. The second-order valence-corrected chi connectivity index (χ2v) is 7.10. The summed E-state index contributed by atoms with van der Waals surface area (Å²) in [7, 11) is -2.64. The van der Waals surface area contributed by atoms with Crippen molar-refractivity contribution in [2.75, 3.05) is 20.3 Å². The molecule has 1 N–H and O–H groups in total. The SMILES string of the molecule is C=CCc1ccccc1OCC#CCNS(=O)(=O)c1cc(F)ccc1OC. The minimum Gasteiger partial charge on any atom is -0.495 e. The number of allylic oxidation sites excluding steroid dienone is 1. The van der Waals surface area contributed by atoms with Crippen molar-refractivity contribution >= 4 is 10.0 Å². The summed E-state index contributed by atoms with van der Waals surface area (Å²) >= 11 is 0. The van der Waals surface area contributed by atoms with E-state index in [2.05, 4.69) is 23.1 Å². The molecule has 7 heteroatoms. The quantitative estimate of drug-likeness (QED) is 0.557. The standard InChI is InChI=1S/C20H20FNO4S/c1-3-8-16-9-4-5-10-18(16)26-14-7-6-13-22-27(23,24)20-15-17(21)11-12-19(20)25-2/h3-5,9-12,15,22H,1,8,13-14H2,2H3. The lowest BCUT2D eigenvalue weighted by Crippen LogP contribution is -2.24. The number of hydrogen-bond donors (Lipinski definition) is 1. The average Bonchev–Trinajstić information content (AvgIpc) is 2.66. The van der Waals surface area contributed by atoms with Gasteiger partial charge in [0.25, 0.3) is 0 Å². The molecule has 0 atom stereocenters. The fraction of sp³-hybridized carbons (Fsp3) is 0.200. The molecule has 0 aromatic heterocycles. The van der Waals surface area contributed by atoms with Gasteiger partial charge >= 0.3 is 0 Å². The summed E-state index contributed by atoms with van der Waals surface area (Å²) < 4.78 is 50.7. The fourth-order valence-electron chi connectivity index (χ4n) is 2.27. The lowest BCUT2D eigenvalue weighted by Gasteiger charge is -2.09. The maximum atomic E-state index is 13.4. The summed E-state index contributed by atoms with van der Waals surface area (Å²) in [6, 6.07) is 10.8. The normalized spacial score (nSPS) is 10.6. The highest BCUT2D eigenvalue weighted by molar-refractivity contribution is 7.89. The lowest BCUT2D eigenvalue weighted by atomic mass is 10.1. The maximum absolute atomic E-state index is 13.4. The summed E-state index contributed by atoms with van der Waals surface area (Å²) in [5.74, 6) is 5.49. The molecule has 0 radical (unpaired) electrons. The Kier molecular flexibility index (Phi) is 7.41. The fourth-order valence-corrected chi connectivity index (χ4v) is 3.37. The highest BCUT2D eigenvalue weighted by Gasteiger charge is 2.19. The van der Waals surface area contributed by atoms with E-state index in [1.54, 1.807) is 6.08 Å². The summed E-state index contributed by atoms with van der Waals surface area (Å²) in [5, 5.41) is 0. The Hall–Kier alpha value is -2.82. The van der Waals surface area contributed by atoms with E-state index >= 15 is 0 Å². The molecule has 5 nitrogen and oxygen atoms in total. The van der Waals surface area contributed by atoms with Crippen molar-refractivity contribution in [2.24, 2.45) is 0 Å². The number of sulfonamides is 1. The van der Waals surface area contributed by atoms with E-state index in [1.807, 2.05) is 24.3 Å². The van der Waals surface area contributed by atoms with Crippen LogP contribution in [0.3, 0.4) is 0 Å². The molecule has 0 spiro atoms. The zero-order valence-electron chi connectivity index (χ0n) is 14.9. The van der Waals surface area contributed by atoms with Gasteiger partial charge in [0.1, 0.15) is 28.8 Å². The second-order valence-electron chi connectivity index (χ2n) is 5.36. The molecule has 0 amide bonds. The number of methoxy groups -OCH3 is 1. The minimum absolute atomic E-state index is 0.0546. The third kappa shape index (κ3) is 5.84. The van der Waals surface area contributed by atoms with E-state index in [0.717, 1.165) is 17.7 Å². The van der Waals surface area contributed by atoms with Crippen LogP contribution in [-0.2, 0) is 16.4 Å². The van der Waals surface area contributed by atoms with Crippen LogP contribution in [0.1, 0.15) is 5.56 Å². The van der Waals surface area contributed by atoms with Crippen molar-refractivity contribution in [3.8, 4) is 23.3 Å². The lowest BCUT2D eigenvalue weighted by molar-refractivity contribution is 0.366. The summed E-state index contributed by atoms with van der Waals surface area (Å²) in [4.78, 5) is -0.276. The molecule has 2 aromatic rings. The van der Waals surface area contributed by atoms with Crippen molar-refractivity contribution in [3.63, 3.8) is 0 Å². The third-order valence-electron chi connectivity index (χ3n) is 3.53. The largest absolute Gasteiger partial charge is 0.495 e. The predicted molar refractivity (Wildman–Crippen MR) is 102 cm³/mol. The summed E-state index contributed by atoms with van der Waals surface area (Å²) in [6.45, 7) is 3.67. The molecule has 27 heavy (non-hydrogen) atoms. The molecule has 0 heterocycles. The topological polar surface area (TPSA) is 64.6 Å². The number of benzene rings is 2. The third-order valence-corrected chi connectivity index (χ3v) is 4.95. The number of rotatable bonds is 8. The molecule has 0 saturated heterocycles. The number of para-hydroxylation sites is 1. The van der Waals surface area contributed by atoms with Crippen molar-refractivity contribution in [2.45, 2.75) is 11.3 Å². The predicted octanol–water partition coefficient (Wildman–Crippen LogP) is 2.92. The number of halogens is 1. The van der Waals surface area contributed by atoms with Crippen molar-refractivity contribution in [1.29, 1.82) is 0 Å². The van der Waals surface area contributed by atoms with Gasteiger partial charge in [-0.05, 0) is 36.2 Å². The number of ether oxygens (including phenoxy) is 2. The smallest absolute Gasteiger partial charge is 0.245 e. The first-order chi connectivity index (χ1) is 13.0. The van der Waals surface area contributed by atoms with Crippen LogP contribution in [0, 0.1) is 17.7 Å². The van der Waals surface area contributed by atoms with Gasteiger partial charge in [-0.2, -0.15) is 4.72 Å². The van der Waals surface area contributed by atoms with E-state index in [9.17, 15) is 12.8 Å². The highest BCUT2D eigenvalue weighted by atomic mass is 32.2. The van der Waals surface area contributed by atoms with Gasteiger partial charge in [-0.3, -0.25) is 0 Å². The number of nitrogens with one attached hydrogen (secondary N) is 1. The van der Waals surface area contributed by atoms with E-state index < -0.39 is 15.8 Å². The molecular weight excluding hydrogens is 369 g/mol. The first kappa shape index (κ1) is 20.5.